The molecule has 20 heavy (non-hydrogen) atoms. The second kappa shape index (κ2) is 6.22. The maximum atomic E-state index is 10.9. The first-order valence-electron chi connectivity index (χ1n) is 6.04. The molecular weight excluding hydrogens is 264 g/mol. The molecule has 0 aliphatic heterocycles. The largest absolute Gasteiger partial charge is 0.380 e. The molecule has 1 unspecified atom stereocenters. The lowest BCUT2D eigenvalue weighted by Crippen LogP contribution is -2.18. The first-order valence-corrected chi connectivity index (χ1v) is 6.04. The highest BCUT2D eigenvalue weighted by Crippen LogP contribution is 2.28. The monoisotopic (exact) mass is 278 g/mol. The van der Waals surface area contributed by atoms with Crippen LogP contribution in [0.4, 0.5) is 5.69 Å². The molecule has 1 heterocycles. The van der Waals surface area contributed by atoms with Crippen LogP contribution in [0.3, 0.4) is 0 Å². The van der Waals surface area contributed by atoms with Gasteiger partial charge < -0.3 is 15.0 Å². The smallest absolute Gasteiger partial charge is 0.282 e. The van der Waals surface area contributed by atoms with Crippen molar-refractivity contribution in [3.8, 4) is 11.5 Å². The lowest BCUT2D eigenvalue weighted by Gasteiger charge is -2.05. The zero-order chi connectivity index (χ0) is 14.5. The molecule has 2 aromatic rings. The molecule has 1 aromatic heterocycles. The zero-order valence-corrected chi connectivity index (χ0v) is 10.9. The Balaban J connectivity index is 2.27. The van der Waals surface area contributed by atoms with Crippen molar-refractivity contribution in [2.45, 2.75) is 13.0 Å². The highest BCUT2D eigenvalue weighted by Gasteiger charge is 2.21. The Labute approximate surface area is 114 Å². The number of ether oxygens (including phenoxy) is 1. The van der Waals surface area contributed by atoms with Crippen molar-refractivity contribution >= 4 is 5.69 Å². The van der Waals surface area contributed by atoms with E-state index in [-0.39, 0.29) is 29.6 Å². The van der Waals surface area contributed by atoms with Crippen LogP contribution >= 0.6 is 0 Å². The highest BCUT2D eigenvalue weighted by atomic mass is 16.6. The molecule has 0 saturated heterocycles. The van der Waals surface area contributed by atoms with Gasteiger partial charge in [-0.15, -0.1) is 0 Å². The van der Waals surface area contributed by atoms with Crippen molar-refractivity contribution in [2.75, 3.05) is 13.2 Å². The van der Waals surface area contributed by atoms with Crippen LogP contribution in [-0.4, -0.2) is 28.3 Å². The summed E-state index contributed by atoms with van der Waals surface area (Å²) in [6, 6.07) is 5.62. The Kier molecular flexibility index (Phi) is 4.38. The van der Waals surface area contributed by atoms with Crippen molar-refractivity contribution in [3.63, 3.8) is 0 Å². The Bertz CT molecular complexity index is 599. The second-order valence-corrected chi connectivity index (χ2v) is 4.00. The van der Waals surface area contributed by atoms with Crippen LogP contribution in [0.5, 0.6) is 0 Å². The van der Waals surface area contributed by atoms with Crippen LogP contribution in [0.15, 0.2) is 28.8 Å². The fourth-order valence-electron chi connectivity index (χ4n) is 1.63. The average molecular weight is 278 g/mol. The summed E-state index contributed by atoms with van der Waals surface area (Å²) in [6.45, 7) is 2.64. The molecule has 2 rings (SSSR count). The summed E-state index contributed by atoms with van der Waals surface area (Å²) in [7, 11) is 0. The topological polar surface area (TPSA) is 117 Å². The van der Waals surface area contributed by atoms with Gasteiger partial charge in [-0.1, -0.05) is 17.3 Å². The molecule has 0 fully saturated rings. The molecular formula is C12H14N4O4. The molecule has 0 bridgehead atoms. The fourth-order valence-corrected chi connectivity index (χ4v) is 1.63. The second-order valence-electron chi connectivity index (χ2n) is 4.00. The molecule has 0 aliphatic rings. The molecule has 1 aromatic carbocycles. The number of hydrogen-bond donors (Lipinski definition) is 1. The third-order valence-electron chi connectivity index (χ3n) is 2.61. The van der Waals surface area contributed by atoms with Gasteiger partial charge in [-0.25, -0.2) is 0 Å². The van der Waals surface area contributed by atoms with Crippen LogP contribution in [0.2, 0.25) is 0 Å². The van der Waals surface area contributed by atoms with Gasteiger partial charge in [0.2, 0.25) is 0 Å². The van der Waals surface area contributed by atoms with Gasteiger partial charge >= 0.3 is 0 Å². The van der Waals surface area contributed by atoms with E-state index in [1.807, 2.05) is 6.92 Å². The molecule has 0 spiro atoms. The van der Waals surface area contributed by atoms with Gasteiger partial charge in [0, 0.05) is 12.7 Å². The predicted molar refractivity (Wildman–Crippen MR) is 69.8 cm³/mol. The average Bonchev–Trinajstić information content (AvgIpc) is 2.94. The standard InChI is InChI=1S/C12H14N4O4/c1-2-19-7-9(13)11-14-12(20-15-11)8-5-3-4-6-10(8)16(17)18/h3-6,9H,2,7,13H2,1H3. The van der Waals surface area contributed by atoms with E-state index in [9.17, 15) is 10.1 Å². The van der Waals surface area contributed by atoms with Crippen LogP contribution in [-0.2, 0) is 4.74 Å². The fraction of sp³-hybridized carbons (Fsp3) is 0.333. The molecule has 8 heteroatoms. The van der Waals surface area contributed by atoms with E-state index in [2.05, 4.69) is 10.1 Å². The van der Waals surface area contributed by atoms with Gasteiger partial charge in [0.1, 0.15) is 5.56 Å². The van der Waals surface area contributed by atoms with E-state index in [0.717, 1.165) is 0 Å². The summed E-state index contributed by atoms with van der Waals surface area (Å²) in [5, 5.41) is 14.7. The molecule has 106 valence electrons. The van der Waals surface area contributed by atoms with Crippen molar-refractivity contribution in [2.24, 2.45) is 5.73 Å². The number of nitro benzene ring substituents is 1. The SMILES string of the molecule is CCOCC(N)c1noc(-c2ccccc2[N+](=O)[O-])n1. The van der Waals surface area contributed by atoms with Crippen molar-refractivity contribution < 1.29 is 14.2 Å². The Hall–Kier alpha value is -2.32. The summed E-state index contributed by atoms with van der Waals surface area (Å²) in [4.78, 5) is 14.5. The molecule has 0 amide bonds. The Morgan fingerprint density at radius 3 is 2.95 bits per heavy atom. The number of benzene rings is 1. The van der Waals surface area contributed by atoms with E-state index in [1.165, 1.54) is 6.07 Å². The van der Waals surface area contributed by atoms with E-state index >= 15 is 0 Å². The summed E-state index contributed by atoms with van der Waals surface area (Å²) >= 11 is 0. The Morgan fingerprint density at radius 2 is 2.25 bits per heavy atom. The van der Waals surface area contributed by atoms with Gasteiger partial charge in [-0.05, 0) is 13.0 Å². The van der Waals surface area contributed by atoms with Gasteiger partial charge in [-0.2, -0.15) is 4.98 Å². The van der Waals surface area contributed by atoms with Crippen LogP contribution in [0, 0.1) is 10.1 Å². The molecule has 1 atom stereocenters. The first kappa shape index (κ1) is 14.1. The summed E-state index contributed by atoms with van der Waals surface area (Å²) < 4.78 is 10.2. The third-order valence-corrected chi connectivity index (χ3v) is 2.61. The number of hydrogen-bond acceptors (Lipinski definition) is 7. The minimum Gasteiger partial charge on any atom is -0.380 e. The maximum absolute atomic E-state index is 10.9. The van der Waals surface area contributed by atoms with Gasteiger partial charge in [0.05, 0.1) is 17.6 Å². The maximum Gasteiger partial charge on any atom is 0.282 e. The minimum atomic E-state index is -0.532. The van der Waals surface area contributed by atoms with E-state index in [4.69, 9.17) is 15.0 Å². The molecule has 2 N–H and O–H groups in total. The van der Waals surface area contributed by atoms with Crippen LogP contribution < -0.4 is 5.73 Å². The molecule has 0 aliphatic carbocycles. The molecule has 0 saturated carbocycles. The van der Waals surface area contributed by atoms with E-state index < -0.39 is 11.0 Å². The van der Waals surface area contributed by atoms with Crippen molar-refractivity contribution in [1.29, 1.82) is 0 Å². The number of nitro groups is 1. The normalized spacial score (nSPS) is 12.3. The highest BCUT2D eigenvalue weighted by molar-refractivity contribution is 5.66. The summed E-state index contributed by atoms with van der Waals surface area (Å²) in [5.74, 6) is 0.325. The lowest BCUT2D eigenvalue weighted by atomic mass is 10.2. The zero-order valence-electron chi connectivity index (χ0n) is 10.9. The van der Waals surface area contributed by atoms with Gasteiger partial charge in [0.15, 0.2) is 5.82 Å². The lowest BCUT2D eigenvalue weighted by molar-refractivity contribution is -0.384. The van der Waals surface area contributed by atoms with E-state index in [1.54, 1.807) is 18.2 Å². The number of aromatic nitrogens is 2. The quantitative estimate of drug-likeness (QED) is 0.630. The number of nitrogens with zero attached hydrogens (tertiary/aromatic N) is 3. The van der Waals surface area contributed by atoms with Gasteiger partial charge in [0.25, 0.3) is 11.6 Å². The van der Waals surface area contributed by atoms with Gasteiger partial charge in [-0.3, -0.25) is 10.1 Å². The van der Waals surface area contributed by atoms with E-state index in [0.29, 0.717) is 6.61 Å². The van der Waals surface area contributed by atoms with Crippen LogP contribution in [0.25, 0.3) is 11.5 Å². The molecule has 0 radical (unpaired) electrons. The predicted octanol–water partition coefficient (Wildman–Crippen LogP) is 1.68. The number of nitrogens with two attached hydrogens (primary N) is 1. The first-order chi connectivity index (χ1) is 9.63. The number of rotatable bonds is 6. The minimum absolute atomic E-state index is 0.0687. The molecule has 8 nitrogen and oxygen atoms in total. The summed E-state index contributed by atoms with van der Waals surface area (Å²) in [6.07, 6.45) is 0. The van der Waals surface area contributed by atoms with Crippen LogP contribution in [0.1, 0.15) is 18.8 Å². The third kappa shape index (κ3) is 2.98. The Morgan fingerprint density at radius 1 is 1.50 bits per heavy atom. The van der Waals surface area contributed by atoms with Crippen molar-refractivity contribution in [1.82, 2.24) is 10.1 Å². The van der Waals surface area contributed by atoms with Crippen molar-refractivity contribution in [3.05, 3.63) is 40.2 Å². The number of para-hydroxylation sites is 1. The summed E-state index contributed by atoms with van der Waals surface area (Å²) in [5.41, 5.74) is 5.99.